The highest BCUT2D eigenvalue weighted by molar-refractivity contribution is 5.80. The second-order valence-corrected chi connectivity index (χ2v) is 21.1. The Kier molecular flexibility index (Phi) is 46.4. The van der Waals surface area contributed by atoms with Crippen molar-refractivity contribution in [1.29, 1.82) is 0 Å². The van der Waals surface area contributed by atoms with Crippen molar-refractivity contribution >= 4 is 11.9 Å². The van der Waals surface area contributed by atoms with Crippen molar-refractivity contribution in [2.24, 2.45) is 0 Å². The fourth-order valence-corrected chi connectivity index (χ4v) is 9.53. The molecule has 418 valence electrons. The molecule has 0 aliphatic carbocycles. The monoisotopic (exact) mass is 1010 g/mol. The molecule has 1 aliphatic rings. The van der Waals surface area contributed by atoms with E-state index in [1.165, 1.54) is 167 Å². The largest absolute Gasteiger partial charge is 0.454 e. The topological polar surface area (TPSA) is 175 Å². The van der Waals surface area contributed by atoms with Gasteiger partial charge in [-0.1, -0.05) is 251 Å². The Labute approximate surface area is 435 Å². The molecule has 1 amide bonds. The Morgan fingerprint density at radius 2 is 0.930 bits per heavy atom. The number of carbonyl (C=O) groups excluding carboxylic acids is 2. The van der Waals surface area contributed by atoms with Gasteiger partial charge in [0.1, 0.15) is 24.4 Å². The van der Waals surface area contributed by atoms with E-state index in [1.54, 1.807) is 6.08 Å². The number of esters is 1. The van der Waals surface area contributed by atoms with Crippen molar-refractivity contribution < 1.29 is 49.3 Å². The van der Waals surface area contributed by atoms with Crippen molar-refractivity contribution in [3.8, 4) is 0 Å². The maximum atomic E-state index is 13.4. The van der Waals surface area contributed by atoms with Gasteiger partial charge in [-0.3, -0.25) is 9.59 Å². The first-order valence-corrected chi connectivity index (χ1v) is 30.1. The summed E-state index contributed by atoms with van der Waals surface area (Å²) in [4.78, 5) is 26.5. The summed E-state index contributed by atoms with van der Waals surface area (Å²) in [6, 6.07) is -1.02. The van der Waals surface area contributed by atoms with Gasteiger partial charge in [0.05, 0.1) is 25.4 Å². The highest BCUT2D eigenvalue weighted by Gasteiger charge is 2.47. The number of aliphatic hydroxyl groups excluding tert-OH is 5. The van der Waals surface area contributed by atoms with Crippen molar-refractivity contribution in [2.75, 3.05) is 13.2 Å². The summed E-state index contributed by atoms with van der Waals surface area (Å²) in [6.07, 6.45) is 45.0. The average Bonchev–Trinajstić information content (AvgIpc) is 3.37. The van der Waals surface area contributed by atoms with Crippen LogP contribution >= 0.6 is 0 Å². The summed E-state index contributed by atoms with van der Waals surface area (Å²) in [5.74, 6) is -1.19. The molecular weight excluding hydrogens is 895 g/mol. The van der Waals surface area contributed by atoms with Gasteiger partial charge >= 0.3 is 5.97 Å². The average molecular weight is 1010 g/mol. The number of ether oxygens (including phenoxy) is 3. The van der Waals surface area contributed by atoms with Crippen LogP contribution in [0.3, 0.4) is 0 Å². The first kappa shape index (κ1) is 67.2. The number of allylic oxidation sites excluding steroid dienone is 3. The summed E-state index contributed by atoms with van der Waals surface area (Å²) in [7, 11) is 0. The number of rotatable bonds is 51. The number of unbranched alkanes of at least 4 members (excludes halogenated alkanes) is 35. The molecule has 1 heterocycles. The molecule has 1 rings (SSSR count). The van der Waals surface area contributed by atoms with Crippen LogP contribution in [0.15, 0.2) is 24.3 Å². The summed E-state index contributed by atoms with van der Waals surface area (Å²) >= 11 is 0. The SMILES string of the molecule is CCCCCC/C=C\CCCCCCCCCC(=O)OC1C(OCC(NC(=O)C(O)CCCCCCCCCCCCCCCCCC)C(O)/C=C/CCCCCCCCCCC)OC(CO)C(O)C1O. The van der Waals surface area contributed by atoms with E-state index in [0.29, 0.717) is 19.3 Å². The lowest BCUT2D eigenvalue weighted by atomic mass is 9.99. The lowest BCUT2D eigenvalue weighted by molar-refractivity contribution is -0.305. The highest BCUT2D eigenvalue weighted by Crippen LogP contribution is 2.26. The molecule has 8 unspecified atom stereocenters. The van der Waals surface area contributed by atoms with Gasteiger partial charge in [-0.15, -0.1) is 0 Å². The van der Waals surface area contributed by atoms with Crippen LogP contribution < -0.4 is 5.32 Å². The third-order valence-electron chi connectivity index (χ3n) is 14.4. The molecule has 0 saturated carbocycles. The van der Waals surface area contributed by atoms with E-state index in [4.69, 9.17) is 14.2 Å². The maximum absolute atomic E-state index is 13.4. The Morgan fingerprint density at radius 3 is 1.38 bits per heavy atom. The molecule has 1 fully saturated rings. The standard InChI is InChI=1S/C60H113NO10/c1-4-7-10-13-16-19-22-24-26-28-29-32-35-38-41-44-47-53(64)59(68)61-51(52(63)46-43-40-37-34-31-21-18-15-12-9-6-3)50-69-60-58(57(67)56(66)54(49-62)70-60)71-55(65)48-45-42-39-36-33-30-27-25-23-20-17-14-11-8-5-2/h20,23,43,46,51-54,56-58,60,62-64,66-67H,4-19,21-22,24-42,44-45,47-50H2,1-3H3,(H,61,68)/b23-20-,46-43+. The Bertz CT molecular complexity index is 1250. The summed E-state index contributed by atoms with van der Waals surface area (Å²) in [5, 5.41) is 56.8. The predicted octanol–water partition coefficient (Wildman–Crippen LogP) is 13.7. The van der Waals surface area contributed by atoms with E-state index in [2.05, 4.69) is 38.2 Å². The van der Waals surface area contributed by atoms with Crippen LogP contribution in [0.25, 0.3) is 0 Å². The third-order valence-corrected chi connectivity index (χ3v) is 14.4. The van der Waals surface area contributed by atoms with E-state index in [-0.39, 0.29) is 13.0 Å². The Balaban J connectivity index is 2.69. The molecule has 0 aromatic carbocycles. The van der Waals surface area contributed by atoms with Crippen LogP contribution in [-0.4, -0.2) is 99.6 Å². The van der Waals surface area contributed by atoms with Gasteiger partial charge in [0.25, 0.3) is 0 Å². The number of carbonyl (C=O) groups is 2. The number of amides is 1. The quantitative estimate of drug-likeness (QED) is 0.0195. The number of nitrogens with one attached hydrogen (secondary N) is 1. The Morgan fingerprint density at radius 1 is 0.535 bits per heavy atom. The predicted molar refractivity (Wildman–Crippen MR) is 292 cm³/mol. The molecule has 0 bridgehead atoms. The summed E-state index contributed by atoms with van der Waals surface area (Å²) in [6.45, 7) is 5.78. The van der Waals surface area contributed by atoms with Crippen LogP contribution in [0.4, 0.5) is 0 Å². The van der Waals surface area contributed by atoms with Gasteiger partial charge in [0.2, 0.25) is 5.91 Å². The van der Waals surface area contributed by atoms with Gasteiger partial charge in [0, 0.05) is 6.42 Å². The lowest BCUT2D eigenvalue weighted by Gasteiger charge is -2.41. The molecule has 11 nitrogen and oxygen atoms in total. The molecule has 71 heavy (non-hydrogen) atoms. The normalized spacial score (nSPS) is 19.7. The summed E-state index contributed by atoms with van der Waals surface area (Å²) < 4.78 is 17.6. The fraction of sp³-hybridized carbons (Fsp3) is 0.900. The van der Waals surface area contributed by atoms with Crippen molar-refractivity contribution in [1.82, 2.24) is 5.32 Å². The molecule has 1 saturated heterocycles. The maximum Gasteiger partial charge on any atom is 0.306 e. The second-order valence-electron chi connectivity index (χ2n) is 21.1. The van der Waals surface area contributed by atoms with Crippen LogP contribution in [0, 0.1) is 0 Å². The van der Waals surface area contributed by atoms with Gasteiger partial charge in [-0.25, -0.2) is 0 Å². The van der Waals surface area contributed by atoms with Crippen molar-refractivity contribution in [3.63, 3.8) is 0 Å². The first-order valence-electron chi connectivity index (χ1n) is 30.1. The third kappa shape index (κ3) is 37.5. The lowest BCUT2D eigenvalue weighted by Crippen LogP contribution is -2.61. The van der Waals surface area contributed by atoms with Crippen LogP contribution in [0.2, 0.25) is 0 Å². The molecule has 0 radical (unpaired) electrons. The van der Waals surface area contributed by atoms with E-state index in [9.17, 15) is 35.1 Å². The molecule has 0 aromatic rings. The van der Waals surface area contributed by atoms with Crippen LogP contribution in [0.1, 0.15) is 284 Å². The first-order chi connectivity index (χ1) is 34.7. The molecular formula is C60H113NO10. The van der Waals surface area contributed by atoms with E-state index in [0.717, 1.165) is 70.6 Å². The van der Waals surface area contributed by atoms with E-state index >= 15 is 0 Å². The summed E-state index contributed by atoms with van der Waals surface area (Å²) in [5.41, 5.74) is 0. The Hall–Kier alpha value is -1.86. The minimum atomic E-state index is -1.61. The smallest absolute Gasteiger partial charge is 0.306 e. The van der Waals surface area contributed by atoms with E-state index in [1.807, 2.05) is 6.08 Å². The number of hydrogen-bond donors (Lipinski definition) is 6. The van der Waals surface area contributed by atoms with Crippen LogP contribution in [0.5, 0.6) is 0 Å². The highest BCUT2D eigenvalue weighted by atomic mass is 16.7. The number of hydrogen-bond acceptors (Lipinski definition) is 10. The van der Waals surface area contributed by atoms with Gasteiger partial charge < -0.3 is 45.1 Å². The molecule has 8 atom stereocenters. The van der Waals surface area contributed by atoms with Crippen molar-refractivity contribution in [3.05, 3.63) is 24.3 Å². The molecule has 1 aliphatic heterocycles. The zero-order chi connectivity index (χ0) is 51.8. The minimum absolute atomic E-state index is 0.122. The van der Waals surface area contributed by atoms with Gasteiger partial charge in [0.15, 0.2) is 12.4 Å². The second kappa shape index (κ2) is 49.0. The number of aliphatic hydroxyl groups is 5. The van der Waals surface area contributed by atoms with E-state index < -0.39 is 67.4 Å². The van der Waals surface area contributed by atoms with Crippen molar-refractivity contribution in [2.45, 2.75) is 333 Å². The van der Waals surface area contributed by atoms with Gasteiger partial charge in [-0.2, -0.15) is 0 Å². The molecule has 0 aromatic heterocycles. The van der Waals surface area contributed by atoms with Gasteiger partial charge in [-0.05, 0) is 51.4 Å². The fourth-order valence-electron chi connectivity index (χ4n) is 9.53. The molecule has 11 heteroatoms. The van der Waals surface area contributed by atoms with Crippen LogP contribution in [-0.2, 0) is 23.8 Å². The zero-order valence-corrected chi connectivity index (χ0v) is 46.1. The minimum Gasteiger partial charge on any atom is -0.454 e. The zero-order valence-electron chi connectivity index (χ0n) is 46.1. The molecule has 0 spiro atoms. The molecule has 6 N–H and O–H groups in total.